The first-order valence-electron chi connectivity index (χ1n) is 9.66. The number of aliphatic hydroxyl groups excluding tert-OH is 1. The summed E-state index contributed by atoms with van der Waals surface area (Å²) in [4.78, 5) is 31.4. The summed E-state index contributed by atoms with van der Waals surface area (Å²) < 4.78 is 13.7. The molecule has 0 bridgehead atoms. The minimum atomic E-state index is -0.875. The van der Waals surface area contributed by atoms with Crippen molar-refractivity contribution in [2.75, 3.05) is 4.90 Å². The first kappa shape index (κ1) is 20.8. The number of hydrogen-bond donors (Lipinski definition) is 1. The Kier molecular flexibility index (Phi) is 5.82. The molecule has 7 heteroatoms. The second-order valence-corrected chi connectivity index (χ2v) is 7.53. The van der Waals surface area contributed by atoms with Crippen molar-refractivity contribution in [1.29, 1.82) is 0 Å². The molecule has 1 unspecified atom stereocenters. The number of Topliss-reactive ketones (excluding diaryl/α,β-unsaturated/α-hetero) is 1. The maximum absolute atomic E-state index is 13.7. The molecule has 4 rings (SSSR count). The van der Waals surface area contributed by atoms with Crippen LogP contribution in [0.5, 0.6) is 0 Å². The second kappa shape index (κ2) is 8.70. The maximum Gasteiger partial charge on any atom is 0.294 e. The van der Waals surface area contributed by atoms with Gasteiger partial charge in [-0.15, -0.1) is 0 Å². The van der Waals surface area contributed by atoms with E-state index in [9.17, 15) is 19.1 Å². The van der Waals surface area contributed by atoms with E-state index in [0.29, 0.717) is 12.0 Å². The Balaban J connectivity index is 1.72. The van der Waals surface area contributed by atoms with Crippen LogP contribution in [0.2, 0.25) is 5.02 Å². The Bertz CT molecular complexity index is 1170. The number of pyridine rings is 1. The summed E-state index contributed by atoms with van der Waals surface area (Å²) in [5.41, 5.74) is 1.85. The minimum absolute atomic E-state index is 0.00702. The highest BCUT2D eigenvalue weighted by atomic mass is 35.5. The van der Waals surface area contributed by atoms with Crippen molar-refractivity contribution in [3.05, 3.63) is 106 Å². The lowest BCUT2D eigenvalue weighted by atomic mass is 9.93. The van der Waals surface area contributed by atoms with Crippen LogP contribution in [0.3, 0.4) is 0 Å². The molecule has 1 aliphatic rings. The normalized spacial score (nSPS) is 16.1. The van der Waals surface area contributed by atoms with Gasteiger partial charge in [-0.25, -0.2) is 4.39 Å². The summed E-state index contributed by atoms with van der Waals surface area (Å²) >= 11 is 5.92. The van der Waals surface area contributed by atoms with Gasteiger partial charge in [0.2, 0.25) is 0 Å². The number of ketones is 1. The summed E-state index contributed by atoms with van der Waals surface area (Å²) in [5, 5.41) is 10.5. The van der Waals surface area contributed by atoms with Crippen LogP contribution < -0.4 is 4.90 Å². The molecule has 3 aromatic rings. The monoisotopic (exact) mass is 436 g/mol. The van der Waals surface area contributed by atoms with E-state index in [2.05, 4.69) is 4.98 Å². The molecule has 0 fully saturated rings. The van der Waals surface area contributed by atoms with Crippen molar-refractivity contribution in [2.45, 2.75) is 18.9 Å². The zero-order valence-electron chi connectivity index (χ0n) is 16.3. The third-order valence-electron chi connectivity index (χ3n) is 5.20. The molecule has 0 saturated carbocycles. The van der Waals surface area contributed by atoms with E-state index in [4.69, 9.17) is 11.6 Å². The first-order valence-corrected chi connectivity index (χ1v) is 10.0. The topological polar surface area (TPSA) is 70.5 Å². The van der Waals surface area contributed by atoms with E-state index < -0.39 is 23.5 Å². The Hall–Kier alpha value is -3.51. The lowest BCUT2D eigenvalue weighted by Gasteiger charge is -2.27. The van der Waals surface area contributed by atoms with Crippen molar-refractivity contribution in [2.24, 2.45) is 0 Å². The number of carbonyl (C=O) groups is 2. The van der Waals surface area contributed by atoms with E-state index in [1.807, 2.05) is 30.3 Å². The molecular weight excluding hydrogens is 419 g/mol. The molecule has 5 nitrogen and oxygen atoms in total. The van der Waals surface area contributed by atoms with Crippen LogP contribution in [0.25, 0.3) is 0 Å². The number of hydrogen-bond acceptors (Lipinski definition) is 4. The molecule has 0 spiro atoms. The highest BCUT2D eigenvalue weighted by Gasteiger charge is 2.44. The SMILES string of the molecule is O=C(CCc1ccccc1)C1=C(O)C(=O)N(c2ccc(F)c(Cl)c2)C1c1ccncc1. The number of amides is 1. The fraction of sp³-hybridized carbons (Fsp3) is 0.125. The van der Waals surface area contributed by atoms with Gasteiger partial charge < -0.3 is 5.11 Å². The van der Waals surface area contributed by atoms with E-state index in [-0.39, 0.29) is 28.5 Å². The Morgan fingerprint density at radius 3 is 2.48 bits per heavy atom. The van der Waals surface area contributed by atoms with Gasteiger partial charge in [0, 0.05) is 24.5 Å². The third kappa shape index (κ3) is 4.07. The smallest absolute Gasteiger partial charge is 0.294 e. The van der Waals surface area contributed by atoms with Crippen LogP contribution in [0.4, 0.5) is 10.1 Å². The lowest BCUT2D eigenvalue weighted by molar-refractivity contribution is -0.118. The minimum Gasteiger partial charge on any atom is -0.503 e. The third-order valence-corrected chi connectivity index (χ3v) is 5.48. The first-order chi connectivity index (χ1) is 15.0. The predicted molar refractivity (Wildman–Crippen MR) is 115 cm³/mol. The van der Waals surface area contributed by atoms with Crippen molar-refractivity contribution in [1.82, 2.24) is 4.98 Å². The fourth-order valence-electron chi connectivity index (χ4n) is 3.69. The number of carbonyl (C=O) groups excluding carboxylic acids is 2. The van der Waals surface area contributed by atoms with Crippen LogP contribution >= 0.6 is 11.6 Å². The number of aliphatic hydroxyl groups is 1. The summed E-state index contributed by atoms with van der Waals surface area (Å²) in [6.07, 6.45) is 3.67. The lowest BCUT2D eigenvalue weighted by Crippen LogP contribution is -2.31. The van der Waals surface area contributed by atoms with E-state index in [1.54, 1.807) is 12.1 Å². The molecule has 0 aliphatic carbocycles. The van der Waals surface area contributed by atoms with Gasteiger partial charge in [-0.2, -0.15) is 0 Å². The van der Waals surface area contributed by atoms with Crippen LogP contribution in [-0.2, 0) is 16.0 Å². The second-order valence-electron chi connectivity index (χ2n) is 7.13. The van der Waals surface area contributed by atoms with Crippen LogP contribution in [-0.4, -0.2) is 21.8 Å². The number of halogens is 2. The average Bonchev–Trinajstić information content (AvgIpc) is 3.06. The Morgan fingerprint density at radius 1 is 1.10 bits per heavy atom. The zero-order valence-corrected chi connectivity index (χ0v) is 17.1. The molecule has 2 heterocycles. The fourth-order valence-corrected chi connectivity index (χ4v) is 3.86. The molecule has 156 valence electrons. The average molecular weight is 437 g/mol. The molecule has 2 aromatic carbocycles. The number of nitrogens with zero attached hydrogens (tertiary/aromatic N) is 2. The van der Waals surface area contributed by atoms with E-state index in [1.165, 1.54) is 29.4 Å². The quantitative estimate of drug-likeness (QED) is 0.591. The van der Waals surface area contributed by atoms with Crippen molar-refractivity contribution >= 4 is 29.0 Å². The molecule has 1 aliphatic heterocycles. The number of aromatic nitrogens is 1. The number of anilines is 1. The van der Waals surface area contributed by atoms with Gasteiger partial charge in [-0.3, -0.25) is 19.5 Å². The molecule has 0 radical (unpaired) electrons. The van der Waals surface area contributed by atoms with Crippen molar-refractivity contribution in [3.8, 4) is 0 Å². The zero-order chi connectivity index (χ0) is 22.0. The van der Waals surface area contributed by atoms with Gasteiger partial charge in [-0.1, -0.05) is 41.9 Å². The number of benzene rings is 2. The molecule has 1 amide bonds. The van der Waals surface area contributed by atoms with E-state index >= 15 is 0 Å². The molecular formula is C24H18ClFN2O3. The molecule has 1 aromatic heterocycles. The number of rotatable bonds is 6. The highest BCUT2D eigenvalue weighted by molar-refractivity contribution is 6.31. The van der Waals surface area contributed by atoms with Crippen LogP contribution in [0.1, 0.15) is 23.6 Å². The van der Waals surface area contributed by atoms with Crippen LogP contribution in [0.15, 0.2) is 84.4 Å². The predicted octanol–water partition coefficient (Wildman–Crippen LogP) is 4.98. The van der Waals surface area contributed by atoms with E-state index in [0.717, 1.165) is 11.6 Å². The number of aryl methyl sites for hydroxylation is 1. The maximum atomic E-state index is 13.7. The summed E-state index contributed by atoms with van der Waals surface area (Å²) in [6, 6.07) is 15.8. The molecule has 1 atom stereocenters. The van der Waals surface area contributed by atoms with Crippen LogP contribution in [0, 0.1) is 5.82 Å². The van der Waals surface area contributed by atoms with Gasteiger partial charge in [0.1, 0.15) is 5.82 Å². The highest BCUT2D eigenvalue weighted by Crippen LogP contribution is 2.42. The molecule has 31 heavy (non-hydrogen) atoms. The largest absolute Gasteiger partial charge is 0.503 e. The van der Waals surface area contributed by atoms with Gasteiger partial charge >= 0.3 is 0 Å². The molecule has 0 saturated heterocycles. The van der Waals surface area contributed by atoms with Gasteiger partial charge in [0.05, 0.1) is 16.6 Å². The summed E-state index contributed by atoms with van der Waals surface area (Å²) in [6.45, 7) is 0. The summed E-state index contributed by atoms with van der Waals surface area (Å²) in [5.74, 6) is -2.33. The Labute approximate surface area is 183 Å². The Morgan fingerprint density at radius 2 is 1.81 bits per heavy atom. The summed E-state index contributed by atoms with van der Waals surface area (Å²) in [7, 11) is 0. The van der Waals surface area contributed by atoms with Gasteiger partial charge in [0.25, 0.3) is 5.91 Å². The van der Waals surface area contributed by atoms with Gasteiger partial charge in [-0.05, 0) is 47.9 Å². The van der Waals surface area contributed by atoms with Gasteiger partial charge in [0.15, 0.2) is 11.5 Å². The van der Waals surface area contributed by atoms with Crippen molar-refractivity contribution < 1.29 is 19.1 Å². The van der Waals surface area contributed by atoms with Crippen molar-refractivity contribution in [3.63, 3.8) is 0 Å². The standard InChI is InChI=1S/C24H18ClFN2O3/c25-18-14-17(7-8-19(18)26)28-22(16-10-12-27-13-11-16)21(23(30)24(28)31)20(29)9-6-15-4-2-1-3-5-15/h1-5,7-8,10-14,22,30H,6,9H2. The molecule has 1 N–H and O–H groups in total.